The summed E-state index contributed by atoms with van der Waals surface area (Å²) in [7, 11) is 0. The molecule has 4 nitrogen and oxygen atoms in total. The Bertz CT molecular complexity index is 519. The molecule has 0 spiro atoms. The minimum atomic E-state index is -1.10. The number of carboxylic acids is 1. The largest absolute Gasteiger partial charge is 0.480 e. The topological polar surface area (TPSA) is 57.6 Å². The van der Waals surface area contributed by atoms with Gasteiger partial charge in [0, 0.05) is 23.3 Å². The maximum Gasteiger partial charge on any atom is 0.327 e. The Hall–Kier alpha value is -1.27. The summed E-state index contributed by atoms with van der Waals surface area (Å²) in [5.41, 5.74) is 0.160. The van der Waals surface area contributed by atoms with Crippen molar-refractivity contribution in [3.63, 3.8) is 0 Å². The molecule has 19 heavy (non-hydrogen) atoms. The van der Waals surface area contributed by atoms with Crippen LogP contribution in [0.4, 0.5) is 4.39 Å². The van der Waals surface area contributed by atoms with Crippen molar-refractivity contribution in [2.24, 2.45) is 0 Å². The van der Waals surface area contributed by atoms with E-state index in [9.17, 15) is 14.0 Å². The second-order valence-electron chi connectivity index (χ2n) is 4.10. The third-order valence-corrected chi connectivity index (χ3v) is 4.51. The van der Waals surface area contributed by atoms with Crippen LogP contribution < -0.4 is 0 Å². The zero-order valence-electron chi connectivity index (χ0n) is 9.97. The van der Waals surface area contributed by atoms with E-state index in [1.807, 2.05) is 0 Å². The minimum Gasteiger partial charge on any atom is -0.480 e. The van der Waals surface area contributed by atoms with E-state index < -0.39 is 29.1 Å². The number of thioether (sulfide) groups is 1. The summed E-state index contributed by atoms with van der Waals surface area (Å²) in [6, 6.07) is 3.28. The van der Waals surface area contributed by atoms with Crippen LogP contribution in [0, 0.1) is 5.82 Å². The van der Waals surface area contributed by atoms with Crippen LogP contribution in [0.1, 0.15) is 17.9 Å². The highest BCUT2D eigenvalue weighted by Gasteiger charge is 2.42. The first-order valence-corrected chi connectivity index (χ1v) is 6.93. The Morgan fingerprint density at radius 1 is 1.53 bits per heavy atom. The van der Waals surface area contributed by atoms with Gasteiger partial charge in [0.25, 0.3) is 0 Å². The molecule has 1 N–H and O–H groups in total. The molecule has 0 saturated carbocycles. The minimum absolute atomic E-state index is 0.160. The first-order valence-electron chi connectivity index (χ1n) is 5.50. The summed E-state index contributed by atoms with van der Waals surface area (Å²) in [5.74, 6) is -1.84. The van der Waals surface area contributed by atoms with E-state index in [0.717, 1.165) is 4.90 Å². The van der Waals surface area contributed by atoms with Gasteiger partial charge in [0.1, 0.15) is 17.2 Å². The lowest BCUT2D eigenvalue weighted by Gasteiger charge is -2.27. The highest BCUT2D eigenvalue weighted by molar-refractivity contribution is 7.99. The average molecular weight is 304 g/mol. The molecule has 102 valence electrons. The van der Waals surface area contributed by atoms with E-state index in [0.29, 0.717) is 0 Å². The van der Waals surface area contributed by atoms with Crippen molar-refractivity contribution in [3.8, 4) is 0 Å². The van der Waals surface area contributed by atoms with Gasteiger partial charge in [-0.05, 0) is 12.1 Å². The fourth-order valence-electron chi connectivity index (χ4n) is 2.05. The molecule has 1 fully saturated rings. The van der Waals surface area contributed by atoms with Gasteiger partial charge in [-0.2, -0.15) is 0 Å². The molecule has 2 rings (SSSR count). The summed E-state index contributed by atoms with van der Waals surface area (Å²) in [6.07, 6.45) is 0. The monoisotopic (exact) mass is 303 g/mol. The molecule has 7 heteroatoms. The molecule has 1 aliphatic rings. The number of carboxylic acid groups (broad SMARTS) is 1. The summed E-state index contributed by atoms with van der Waals surface area (Å²) < 4.78 is 13.9. The molecule has 1 aromatic carbocycles. The second kappa shape index (κ2) is 5.38. The van der Waals surface area contributed by atoms with Gasteiger partial charge in [-0.25, -0.2) is 9.18 Å². The quantitative estimate of drug-likeness (QED) is 0.912. The lowest BCUT2D eigenvalue weighted by atomic mass is 10.1. The number of aliphatic carboxylic acids is 1. The summed E-state index contributed by atoms with van der Waals surface area (Å²) in [4.78, 5) is 23.9. The lowest BCUT2D eigenvalue weighted by Crippen LogP contribution is -2.41. The zero-order valence-corrected chi connectivity index (χ0v) is 11.5. The van der Waals surface area contributed by atoms with Crippen LogP contribution in [-0.4, -0.2) is 33.7 Å². The Morgan fingerprint density at radius 3 is 2.74 bits per heavy atom. The van der Waals surface area contributed by atoms with Gasteiger partial charge in [0.05, 0.1) is 0 Å². The number of benzene rings is 1. The van der Waals surface area contributed by atoms with E-state index in [1.54, 1.807) is 0 Å². The molecule has 1 aromatic rings. The van der Waals surface area contributed by atoms with Gasteiger partial charge in [0.15, 0.2) is 0 Å². The predicted molar refractivity (Wildman–Crippen MR) is 70.6 cm³/mol. The molecule has 2 atom stereocenters. The van der Waals surface area contributed by atoms with E-state index in [-0.39, 0.29) is 16.3 Å². The first-order chi connectivity index (χ1) is 8.93. The van der Waals surface area contributed by atoms with Gasteiger partial charge in [-0.1, -0.05) is 17.7 Å². The standard InChI is InChI=1S/C12H11ClFNO3S/c1-6(16)15-9(12(17)18)5-19-11(15)10-7(13)3-2-4-8(10)14/h2-4,9,11H,5H2,1H3,(H,17,18)/t9-,11+/m1/s1. The van der Waals surface area contributed by atoms with Gasteiger partial charge < -0.3 is 10.0 Å². The van der Waals surface area contributed by atoms with Crippen molar-refractivity contribution in [3.05, 3.63) is 34.6 Å². The number of carbonyl (C=O) groups is 2. The predicted octanol–water partition coefficient (Wildman–Crippen LogP) is 2.53. The van der Waals surface area contributed by atoms with Gasteiger partial charge >= 0.3 is 5.97 Å². The van der Waals surface area contributed by atoms with Crippen LogP contribution in [0.2, 0.25) is 5.02 Å². The Morgan fingerprint density at radius 2 is 2.21 bits per heavy atom. The third-order valence-electron chi connectivity index (χ3n) is 2.90. The van der Waals surface area contributed by atoms with Crippen molar-refractivity contribution in [1.29, 1.82) is 0 Å². The molecule has 0 bridgehead atoms. The highest BCUT2D eigenvalue weighted by atomic mass is 35.5. The molecule has 0 unspecified atom stereocenters. The third kappa shape index (κ3) is 2.55. The summed E-state index contributed by atoms with van der Waals surface area (Å²) >= 11 is 7.16. The first kappa shape index (κ1) is 14.1. The van der Waals surface area contributed by atoms with Crippen LogP contribution in [0.25, 0.3) is 0 Å². The van der Waals surface area contributed by atoms with Crippen LogP contribution in [-0.2, 0) is 9.59 Å². The molecular formula is C12H11ClFNO3S. The van der Waals surface area contributed by atoms with E-state index >= 15 is 0 Å². The van der Waals surface area contributed by atoms with Crippen molar-refractivity contribution < 1.29 is 19.1 Å². The number of carbonyl (C=O) groups excluding carboxylic acids is 1. The van der Waals surface area contributed by atoms with Crippen molar-refractivity contribution in [2.45, 2.75) is 18.3 Å². The Balaban J connectivity index is 2.45. The van der Waals surface area contributed by atoms with E-state index in [2.05, 4.69) is 0 Å². The molecule has 0 aromatic heterocycles. The highest BCUT2D eigenvalue weighted by Crippen LogP contribution is 2.44. The molecule has 1 saturated heterocycles. The zero-order chi connectivity index (χ0) is 14.2. The lowest BCUT2D eigenvalue weighted by molar-refractivity contribution is -0.148. The van der Waals surface area contributed by atoms with Gasteiger partial charge in [0.2, 0.25) is 5.91 Å². The average Bonchev–Trinajstić information content (AvgIpc) is 2.73. The smallest absolute Gasteiger partial charge is 0.327 e. The Kier molecular flexibility index (Phi) is 4.01. The van der Waals surface area contributed by atoms with Crippen molar-refractivity contribution in [2.75, 3.05) is 5.75 Å². The molecule has 0 aliphatic carbocycles. The number of amides is 1. The van der Waals surface area contributed by atoms with Crippen LogP contribution >= 0.6 is 23.4 Å². The number of hydrogen-bond donors (Lipinski definition) is 1. The number of rotatable bonds is 2. The fourth-order valence-corrected chi connectivity index (χ4v) is 3.91. The number of halogens is 2. The maximum atomic E-state index is 13.9. The number of nitrogens with zero attached hydrogens (tertiary/aromatic N) is 1. The van der Waals surface area contributed by atoms with Crippen LogP contribution in [0.5, 0.6) is 0 Å². The van der Waals surface area contributed by atoms with E-state index in [1.165, 1.54) is 36.9 Å². The normalized spacial score (nSPS) is 22.6. The Labute approximate surface area is 118 Å². The van der Waals surface area contributed by atoms with Crippen LogP contribution in [0.3, 0.4) is 0 Å². The van der Waals surface area contributed by atoms with Gasteiger partial charge in [-0.3, -0.25) is 4.79 Å². The summed E-state index contributed by atoms with van der Waals surface area (Å²) in [6.45, 7) is 1.27. The molecule has 1 amide bonds. The SMILES string of the molecule is CC(=O)N1[C@@H](C(=O)O)CS[C@H]1c1c(F)cccc1Cl. The fraction of sp³-hybridized carbons (Fsp3) is 0.333. The summed E-state index contributed by atoms with van der Waals surface area (Å²) in [5, 5.41) is 8.59. The van der Waals surface area contributed by atoms with Crippen LogP contribution in [0.15, 0.2) is 18.2 Å². The molecule has 1 aliphatic heterocycles. The van der Waals surface area contributed by atoms with Crippen molar-refractivity contribution in [1.82, 2.24) is 4.90 Å². The van der Waals surface area contributed by atoms with E-state index in [4.69, 9.17) is 16.7 Å². The molecule has 0 radical (unpaired) electrons. The maximum absolute atomic E-state index is 13.9. The van der Waals surface area contributed by atoms with Gasteiger partial charge in [-0.15, -0.1) is 11.8 Å². The molecule has 1 heterocycles. The van der Waals surface area contributed by atoms with Crippen molar-refractivity contribution >= 4 is 35.2 Å². The number of hydrogen-bond acceptors (Lipinski definition) is 3. The second-order valence-corrected chi connectivity index (χ2v) is 5.62. The molecular weight excluding hydrogens is 293 g/mol.